The summed E-state index contributed by atoms with van der Waals surface area (Å²) < 4.78 is 27.1. The highest BCUT2D eigenvalue weighted by Gasteiger charge is 2.44. The molecular formula is C23H26Cl2N4O3S. The van der Waals surface area contributed by atoms with E-state index < -0.39 is 10.0 Å². The molecule has 2 unspecified atom stereocenters. The fraction of sp³-hybridized carbons (Fsp3) is 0.304. The summed E-state index contributed by atoms with van der Waals surface area (Å²) in [5, 5.41) is 8.23. The number of halogens is 2. The number of fused-ring (bicyclic) bond motifs is 1. The van der Waals surface area contributed by atoms with E-state index in [1.54, 1.807) is 24.5 Å². The standard InChI is InChI=1S/C23H24N4O3S.2ClH/c28-23(26-19-4-1-18-15-25-8-7-17(18)13-19)22-14-21(22)16-2-5-20(6-3-16)31(29,30)27-11-9-24-10-12-27;;/h1-8,13,15,21-22,24H,9-12,14H2,(H,26,28);2*1H. The van der Waals surface area contributed by atoms with Crippen molar-refractivity contribution in [2.45, 2.75) is 17.2 Å². The first kappa shape index (κ1) is 25.4. The Morgan fingerprint density at radius 3 is 2.45 bits per heavy atom. The van der Waals surface area contributed by atoms with Crippen molar-refractivity contribution in [1.82, 2.24) is 14.6 Å². The number of anilines is 1. The van der Waals surface area contributed by atoms with Crippen LogP contribution in [0.15, 0.2) is 65.8 Å². The first-order valence-electron chi connectivity index (χ1n) is 10.5. The lowest BCUT2D eigenvalue weighted by Crippen LogP contribution is -2.46. The number of carbonyl (C=O) groups excluding carboxylic acids is 1. The maximum atomic E-state index is 12.8. The third-order valence-corrected chi connectivity index (χ3v) is 7.97. The Balaban J connectivity index is 0.00000153. The second-order valence-electron chi connectivity index (χ2n) is 8.10. The van der Waals surface area contributed by atoms with Crippen LogP contribution >= 0.6 is 24.8 Å². The number of carbonyl (C=O) groups is 1. The first-order valence-corrected chi connectivity index (χ1v) is 11.9. The molecule has 2 N–H and O–H groups in total. The molecule has 0 spiro atoms. The van der Waals surface area contributed by atoms with Gasteiger partial charge in [0.2, 0.25) is 15.9 Å². The van der Waals surface area contributed by atoms with Gasteiger partial charge in [0.05, 0.1) is 4.90 Å². The number of hydrogen-bond acceptors (Lipinski definition) is 5. The number of benzene rings is 2. The van der Waals surface area contributed by atoms with Gasteiger partial charge < -0.3 is 10.6 Å². The molecule has 3 aromatic rings. The first-order chi connectivity index (χ1) is 15.0. The van der Waals surface area contributed by atoms with Gasteiger partial charge in [-0.1, -0.05) is 18.2 Å². The van der Waals surface area contributed by atoms with Gasteiger partial charge in [-0.2, -0.15) is 4.31 Å². The van der Waals surface area contributed by atoms with Crippen LogP contribution in [0.5, 0.6) is 0 Å². The Morgan fingerprint density at radius 2 is 1.73 bits per heavy atom. The zero-order valence-electron chi connectivity index (χ0n) is 17.8. The van der Waals surface area contributed by atoms with Crippen molar-refractivity contribution < 1.29 is 13.2 Å². The Kier molecular flexibility index (Phi) is 7.97. The molecule has 0 radical (unpaired) electrons. The zero-order valence-corrected chi connectivity index (χ0v) is 20.3. The SMILES string of the molecule is Cl.Cl.O=C(Nc1ccc2cnccc2c1)C1CC1c1ccc(S(=O)(=O)N2CCNCC2)cc1. The summed E-state index contributed by atoms with van der Waals surface area (Å²) in [7, 11) is -3.46. The number of rotatable bonds is 5. The Bertz CT molecular complexity index is 1230. The molecule has 1 aliphatic heterocycles. The van der Waals surface area contributed by atoms with Gasteiger partial charge in [-0.05, 0) is 53.6 Å². The molecule has 176 valence electrons. The molecule has 1 saturated carbocycles. The zero-order chi connectivity index (χ0) is 21.4. The molecule has 2 heterocycles. The average Bonchev–Trinajstić information content (AvgIpc) is 3.61. The van der Waals surface area contributed by atoms with E-state index in [-0.39, 0.29) is 42.6 Å². The monoisotopic (exact) mass is 508 g/mol. The van der Waals surface area contributed by atoms with E-state index in [0.717, 1.165) is 28.4 Å². The molecule has 2 fully saturated rings. The van der Waals surface area contributed by atoms with Gasteiger partial charge in [-0.25, -0.2) is 8.42 Å². The highest BCUT2D eigenvalue weighted by Crippen LogP contribution is 2.48. The van der Waals surface area contributed by atoms with Crippen molar-refractivity contribution in [3.8, 4) is 0 Å². The van der Waals surface area contributed by atoms with Gasteiger partial charge in [0.25, 0.3) is 0 Å². The molecule has 1 amide bonds. The van der Waals surface area contributed by atoms with Crippen LogP contribution in [0.2, 0.25) is 0 Å². The average molecular weight is 509 g/mol. The van der Waals surface area contributed by atoms with Gasteiger partial charge in [-0.3, -0.25) is 9.78 Å². The quantitative estimate of drug-likeness (QED) is 0.550. The molecule has 1 aromatic heterocycles. The van der Waals surface area contributed by atoms with E-state index in [4.69, 9.17) is 0 Å². The minimum Gasteiger partial charge on any atom is -0.326 e. The largest absolute Gasteiger partial charge is 0.326 e. The predicted molar refractivity (Wildman–Crippen MR) is 134 cm³/mol. The van der Waals surface area contributed by atoms with Crippen molar-refractivity contribution in [3.63, 3.8) is 0 Å². The summed E-state index contributed by atoms with van der Waals surface area (Å²) in [6, 6.07) is 14.7. The van der Waals surface area contributed by atoms with Gasteiger partial charge in [0, 0.05) is 55.6 Å². The van der Waals surface area contributed by atoms with Crippen LogP contribution in [0.25, 0.3) is 10.8 Å². The van der Waals surface area contributed by atoms with Gasteiger partial charge in [0.15, 0.2) is 0 Å². The molecule has 1 saturated heterocycles. The van der Waals surface area contributed by atoms with E-state index >= 15 is 0 Å². The van der Waals surface area contributed by atoms with Crippen LogP contribution in [0.1, 0.15) is 17.9 Å². The summed E-state index contributed by atoms with van der Waals surface area (Å²) in [4.78, 5) is 17.1. The smallest absolute Gasteiger partial charge is 0.243 e. The molecule has 1 aliphatic carbocycles. The lowest BCUT2D eigenvalue weighted by Gasteiger charge is -2.26. The third-order valence-electron chi connectivity index (χ3n) is 6.06. The highest BCUT2D eigenvalue weighted by molar-refractivity contribution is 7.89. The van der Waals surface area contributed by atoms with E-state index in [1.807, 2.05) is 36.4 Å². The molecule has 7 nitrogen and oxygen atoms in total. The number of piperazine rings is 1. The molecule has 10 heteroatoms. The van der Waals surface area contributed by atoms with E-state index in [1.165, 1.54) is 4.31 Å². The molecule has 2 atom stereocenters. The minimum atomic E-state index is -3.46. The van der Waals surface area contributed by atoms with Crippen LogP contribution in [-0.4, -0.2) is 49.8 Å². The van der Waals surface area contributed by atoms with Gasteiger partial charge in [0.1, 0.15) is 0 Å². The topological polar surface area (TPSA) is 91.4 Å². The van der Waals surface area contributed by atoms with E-state index in [9.17, 15) is 13.2 Å². The molecular weight excluding hydrogens is 483 g/mol. The van der Waals surface area contributed by atoms with Crippen LogP contribution in [0, 0.1) is 5.92 Å². The number of nitrogens with one attached hydrogen (secondary N) is 2. The van der Waals surface area contributed by atoms with Crippen molar-refractivity contribution in [2.24, 2.45) is 5.92 Å². The van der Waals surface area contributed by atoms with Gasteiger partial charge in [-0.15, -0.1) is 24.8 Å². The number of sulfonamides is 1. The maximum Gasteiger partial charge on any atom is 0.243 e. The van der Waals surface area contributed by atoms with Crippen molar-refractivity contribution >= 4 is 57.2 Å². The molecule has 2 aliphatic rings. The van der Waals surface area contributed by atoms with Crippen LogP contribution in [0.4, 0.5) is 5.69 Å². The van der Waals surface area contributed by atoms with Crippen molar-refractivity contribution in [2.75, 3.05) is 31.5 Å². The fourth-order valence-electron chi connectivity index (χ4n) is 4.17. The predicted octanol–water partition coefficient (Wildman–Crippen LogP) is 3.41. The van der Waals surface area contributed by atoms with Crippen LogP contribution in [0.3, 0.4) is 0 Å². The second kappa shape index (κ2) is 10.4. The van der Waals surface area contributed by atoms with Gasteiger partial charge >= 0.3 is 0 Å². The summed E-state index contributed by atoms with van der Waals surface area (Å²) >= 11 is 0. The number of amides is 1. The maximum absolute atomic E-state index is 12.8. The Hall–Kier alpha value is -2.23. The lowest BCUT2D eigenvalue weighted by molar-refractivity contribution is -0.117. The summed E-state index contributed by atoms with van der Waals surface area (Å²) in [5.74, 6) is 0.0280. The summed E-state index contributed by atoms with van der Waals surface area (Å²) in [6.07, 6.45) is 4.30. The molecule has 33 heavy (non-hydrogen) atoms. The van der Waals surface area contributed by atoms with E-state index in [2.05, 4.69) is 15.6 Å². The molecule has 0 bridgehead atoms. The number of pyridine rings is 1. The second-order valence-corrected chi connectivity index (χ2v) is 10.0. The fourth-order valence-corrected chi connectivity index (χ4v) is 5.61. The van der Waals surface area contributed by atoms with Crippen LogP contribution in [-0.2, 0) is 14.8 Å². The number of hydrogen-bond donors (Lipinski definition) is 2. The molecule has 2 aromatic carbocycles. The number of nitrogens with zero attached hydrogens (tertiary/aromatic N) is 2. The highest BCUT2D eigenvalue weighted by atomic mass is 35.5. The van der Waals surface area contributed by atoms with E-state index in [0.29, 0.717) is 31.1 Å². The summed E-state index contributed by atoms with van der Waals surface area (Å²) in [6.45, 7) is 2.31. The van der Waals surface area contributed by atoms with Crippen molar-refractivity contribution in [3.05, 3.63) is 66.5 Å². The van der Waals surface area contributed by atoms with Crippen LogP contribution < -0.4 is 10.6 Å². The Morgan fingerprint density at radius 1 is 1.00 bits per heavy atom. The van der Waals surface area contributed by atoms with Crippen molar-refractivity contribution in [1.29, 1.82) is 0 Å². The normalized spacial score (nSPS) is 20.4. The third kappa shape index (κ3) is 5.31. The number of aromatic nitrogens is 1. The summed E-state index contributed by atoms with van der Waals surface area (Å²) in [5.41, 5.74) is 1.77. The lowest BCUT2D eigenvalue weighted by atomic mass is 10.1. The Labute approximate surface area is 205 Å². The minimum absolute atomic E-state index is 0. The molecule has 5 rings (SSSR count).